The fourth-order valence-corrected chi connectivity index (χ4v) is 0.858. The molecule has 0 fully saturated rings. The first-order valence-electron chi connectivity index (χ1n) is 2.51. The van der Waals surface area contributed by atoms with E-state index in [2.05, 4.69) is 15.0 Å². The second-order valence-electron chi connectivity index (χ2n) is 1.55. The van der Waals surface area contributed by atoms with E-state index in [1.165, 1.54) is 6.08 Å². The highest BCUT2D eigenvalue weighted by Gasteiger charge is 2.11. The van der Waals surface area contributed by atoms with Crippen molar-refractivity contribution >= 4 is 25.5 Å². The van der Waals surface area contributed by atoms with Crippen molar-refractivity contribution in [2.24, 2.45) is 4.99 Å². The van der Waals surface area contributed by atoms with Crippen LogP contribution in [0.25, 0.3) is 0 Å². The van der Waals surface area contributed by atoms with E-state index in [4.69, 9.17) is 0 Å². The summed E-state index contributed by atoms with van der Waals surface area (Å²) in [6.45, 7) is 0. The van der Waals surface area contributed by atoms with Gasteiger partial charge < -0.3 is 4.89 Å². The van der Waals surface area contributed by atoms with Crippen LogP contribution < -0.4 is 10.5 Å². The first kappa shape index (κ1) is 7.75. The zero-order valence-corrected chi connectivity index (χ0v) is 6.04. The van der Waals surface area contributed by atoms with Crippen LogP contribution in [-0.4, -0.2) is 16.0 Å². The Hall–Kier alpha value is -1.35. The number of carbonyl (C=O) groups excluding carboxylic acids is 1. The Morgan fingerprint density at radius 3 is 3.00 bits per heavy atom. The molecular formula is C4H2N3O3P. The predicted molar refractivity (Wildman–Crippen MR) is 33.6 cm³/mol. The molecule has 1 heterocycles. The van der Waals surface area contributed by atoms with Crippen LogP contribution in [0.3, 0.4) is 0 Å². The summed E-state index contributed by atoms with van der Waals surface area (Å²) in [6.07, 6.45) is 2.37. The smallest absolute Gasteiger partial charge is 0.389 e. The number of aromatic nitrogens is 2. The molecule has 56 valence electrons. The van der Waals surface area contributed by atoms with Gasteiger partial charge in [0.05, 0.1) is 6.20 Å². The molecular weight excluding hydrogens is 169 g/mol. The fraction of sp³-hybridized carbons (Fsp3) is 0. The van der Waals surface area contributed by atoms with Gasteiger partial charge in [0.25, 0.3) is 0 Å². The molecule has 7 heteroatoms. The predicted octanol–water partition coefficient (Wildman–Crippen LogP) is -0.895. The molecule has 0 saturated heterocycles. The van der Waals surface area contributed by atoms with Crippen molar-refractivity contribution in [1.82, 2.24) is 9.97 Å². The number of isocyanates is 1. The topological polar surface area (TPSA) is 98.2 Å². The quantitative estimate of drug-likeness (QED) is 0.354. The minimum Gasteiger partial charge on any atom is -0.588 e. The minimum atomic E-state index is -2.74. The van der Waals surface area contributed by atoms with E-state index in [-0.39, 0.29) is 11.4 Å². The summed E-state index contributed by atoms with van der Waals surface area (Å²) in [5, 5.41) is 0. The molecule has 0 spiro atoms. The Morgan fingerprint density at radius 2 is 2.55 bits per heavy atom. The number of rotatable bonds is 2. The molecule has 1 rings (SSSR count). The SMILES string of the molecule is O=C=Nc1cnc([P+](=O)[O-])[nH]1. The molecule has 6 nitrogen and oxygen atoms in total. The molecule has 0 aliphatic rings. The molecule has 0 saturated carbocycles. The first-order valence-corrected chi connectivity index (χ1v) is 3.69. The van der Waals surface area contributed by atoms with Crippen LogP contribution in [0.1, 0.15) is 0 Å². The molecule has 1 aromatic heterocycles. The third kappa shape index (κ3) is 1.78. The van der Waals surface area contributed by atoms with Crippen molar-refractivity contribution in [1.29, 1.82) is 0 Å². The van der Waals surface area contributed by atoms with Crippen LogP contribution in [0.15, 0.2) is 11.2 Å². The lowest BCUT2D eigenvalue weighted by Gasteiger charge is -1.77. The molecule has 0 radical (unpaired) electrons. The van der Waals surface area contributed by atoms with Gasteiger partial charge in [0.15, 0.2) is 5.82 Å². The Bertz CT molecular complexity index is 311. The van der Waals surface area contributed by atoms with E-state index in [0.717, 1.165) is 6.20 Å². The van der Waals surface area contributed by atoms with E-state index >= 15 is 0 Å². The van der Waals surface area contributed by atoms with Crippen molar-refractivity contribution in [3.63, 3.8) is 0 Å². The van der Waals surface area contributed by atoms with Crippen LogP contribution in [0, 0.1) is 0 Å². The summed E-state index contributed by atoms with van der Waals surface area (Å²) in [5.41, 5.74) is -0.214. The average Bonchev–Trinajstić information content (AvgIpc) is 2.37. The number of imidazole rings is 1. The molecule has 0 amide bonds. The molecule has 0 aromatic carbocycles. The maximum absolute atomic E-state index is 10.2. The van der Waals surface area contributed by atoms with Gasteiger partial charge in [-0.1, -0.05) is 4.57 Å². The van der Waals surface area contributed by atoms with E-state index in [0.29, 0.717) is 0 Å². The number of hydrogen-bond donors (Lipinski definition) is 1. The highest BCUT2D eigenvalue weighted by Crippen LogP contribution is 2.08. The number of aromatic amines is 1. The van der Waals surface area contributed by atoms with Gasteiger partial charge in [-0.3, -0.25) is 4.98 Å². The van der Waals surface area contributed by atoms with Crippen LogP contribution >= 0.6 is 8.03 Å². The third-order valence-corrected chi connectivity index (χ3v) is 1.46. The second-order valence-corrected chi connectivity index (χ2v) is 2.49. The Balaban J connectivity index is 2.99. The monoisotopic (exact) mass is 171 g/mol. The lowest BCUT2D eigenvalue weighted by atomic mass is 10.8. The van der Waals surface area contributed by atoms with Crippen molar-refractivity contribution in [3.05, 3.63) is 6.20 Å². The summed E-state index contributed by atoms with van der Waals surface area (Å²) in [5.74, 6) is 0.0780. The molecule has 1 atom stereocenters. The maximum Gasteiger partial charge on any atom is 0.389 e. The van der Waals surface area contributed by atoms with Gasteiger partial charge in [-0.05, 0) is 0 Å². The molecule has 1 unspecified atom stereocenters. The highest BCUT2D eigenvalue weighted by molar-refractivity contribution is 7.45. The van der Waals surface area contributed by atoms with Gasteiger partial charge in [0.2, 0.25) is 6.08 Å². The van der Waals surface area contributed by atoms with E-state index in [9.17, 15) is 14.3 Å². The Morgan fingerprint density at radius 1 is 1.82 bits per heavy atom. The molecule has 0 bridgehead atoms. The summed E-state index contributed by atoms with van der Waals surface area (Å²) >= 11 is 0. The number of hydrogen-bond acceptors (Lipinski definition) is 5. The molecule has 1 N–H and O–H groups in total. The third-order valence-electron chi connectivity index (χ3n) is 0.888. The van der Waals surface area contributed by atoms with Gasteiger partial charge in [-0.2, -0.15) is 4.98 Å². The van der Waals surface area contributed by atoms with Crippen molar-refractivity contribution in [2.45, 2.75) is 0 Å². The fourth-order valence-electron chi connectivity index (χ4n) is 0.500. The number of aliphatic imine (C=N–C) groups is 1. The highest BCUT2D eigenvalue weighted by atomic mass is 31.1. The van der Waals surface area contributed by atoms with Crippen LogP contribution in [0.5, 0.6) is 0 Å². The lowest BCUT2D eigenvalue weighted by Crippen LogP contribution is -2.07. The van der Waals surface area contributed by atoms with E-state index < -0.39 is 8.03 Å². The number of nitrogens with one attached hydrogen (secondary N) is 1. The number of nitrogens with zero attached hydrogens (tertiary/aromatic N) is 2. The summed E-state index contributed by atoms with van der Waals surface area (Å²) < 4.78 is 10.2. The average molecular weight is 171 g/mol. The van der Waals surface area contributed by atoms with Gasteiger partial charge in [-0.15, -0.1) is 4.99 Å². The molecule has 0 aliphatic heterocycles. The largest absolute Gasteiger partial charge is 0.588 e. The zero-order chi connectivity index (χ0) is 8.27. The summed E-state index contributed by atoms with van der Waals surface area (Å²) in [7, 11) is -2.74. The van der Waals surface area contributed by atoms with Gasteiger partial charge >= 0.3 is 13.6 Å². The molecule has 0 aliphatic carbocycles. The maximum atomic E-state index is 10.2. The summed E-state index contributed by atoms with van der Waals surface area (Å²) in [4.78, 5) is 28.7. The lowest BCUT2D eigenvalue weighted by molar-refractivity contribution is -0.161. The standard InChI is InChI=1S/C4H2N3O3P/c8-2-6-3-1-5-4(7-3)11(9)10/h1H,(H,5,7). The molecule has 11 heavy (non-hydrogen) atoms. The van der Waals surface area contributed by atoms with E-state index in [1.54, 1.807) is 0 Å². The first-order chi connectivity index (χ1) is 5.24. The Kier molecular flexibility index (Phi) is 2.23. The van der Waals surface area contributed by atoms with Crippen molar-refractivity contribution in [3.8, 4) is 0 Å². The summed E-state index contributed by atoms with van der Waals surface area (Å²) in [6, 6.07) is 0. The van der Waals surface area contributed by atoms with Gasteiger partial charge in [-0.25, -0.2) is 4.79 Å². The minimum absolute atomic E-state index is 0.0780. The zero-order valence-electron chi connectivity index (χ0n) is 5.14. The van der Waals surface area contributed by atoms with Crippen molar-refractivity contribution < 1.29 is 14.3 Å². The number of H-pyrrole nitrogens is 1. The van der Waals surface area contributed by atoms with Crippen molar-refractivity contribution in [2.75, 3.05) is 0 Å². The van der Waals surface area contributed by atoms with Gasteiger partial charge in [0, 0.05) is 0 Å². The van der Waals surface area contributed by atoms with Crippen LogP contribution in [-0.2, 0) is 9.36 Å². The normalized spacial score (nSPS) is 10.5. The van der Waals surface area contributed by atoms with Crippen LogP contribution in [0.2, 0.25) is 0 Å². The second kappa shape index (κ2) is 3.16. The molecule has 1 aromatic rings. The van der Waals surface area contributed by atoms with Crippen LogP contribution in [0.4, 0.5) is 5.82 Å². The Labute approximate surface area is 61.9 Å². The van der Waals surface area contributed by atoms with Gasteiger partial charge in [0.1, 0.15) is 0 Å². The van der Waals surface area contributed by atoms with E-state index in [1.807, 2.05) is 0 Å².